The lowest BCUT2D eigenvalue weighted by molar-refractivity contribution is 1.01. The molecule has 2 rings (SSSR count). The van der Waals surface area contributed by atoms with Crippen molar-refractivity contribution < 1.29 is 0 Å². The van der Waals surface area contributed by atoms with E-state index in [-0.39, 0.29) is 0 Å². The number of aryl methyl sites for hydroxylation is 1. The second-order valence-corrected chi connectivity index (χ2v) is 3.54. The van der Waals surface area contributed by atoms with Crippen LogP contribution in [-0.2, 0) is 6.54 Å². The normalized spacial score (nSPS) is 9.65. The predicted octanol–water partition coefficient (Wildman–Crippen LogP) is 1.66. The highest BCUT2D eigenvalue weighted by atomic mass is 15.1. The standard InChI is InChI=1S/C12H11N5/c1-9-5-11(6-13)17-12(16-9)15-8-10-3-2-4-14-7-10/h2-5,7H,8H2,1H3,(H,15,16,17). The Balaban J connectivity index is 2.10. The Labute approximate surface area is 99.2 Å². The monoisotopic (exact) mass is 225 g/mol. The molecule has 0 amide bonds. The van der Waals surface area contributed by atoms with E-state index in [2.05, 4.69) is 20.3 Å². The molecule has 5 heteroatoms. The zero-order chi connectivity index (χ0) is 12.1. The number of nitrogens with one attached hydrogen (secondary N) is 1. The minimum atomic E-state index is 0.367. The van der Waals surface area contributed by atoms with E-state index in [1.165, 1.54) is 0 Å². The molecule has 0 aromatic carbocycles. The molecule has 0 aliphatic carbocycles. The van der Waals surface area contributed by atoms with Crippen molar-refractivity contribution in [1.82, 2.24) is 15.0 Å². The molecule has 2 heterocycles. The Hall–Kier alpha value is -2.48. The minimum Gasteiger partial charge on any atom is -0.350 e. The van der Waals surface area contributed by atoms with Crippen molar-refractivity contribution in [3.63, 3.8) is 0 Å². The Bertz CT molecular complexity index is 545. The fourth-order valence-corrected chi connectivity index (χ4v) is 1.39. The van der Waals surface area contributed by atoms with Crippen molar-refractivity contribution >= 4 is 5.95 Å². The Kier molecular flexibility index (Phi) is 3.26. The van der Waals surface area contributed by atoms with Gasteiger partial charge in [-0.15, -0.1) is 0 Å². The number of rotatable bonds is 3. The van der Waals surface area contributed by atoms with Gasteiger partial charge in [0.05, 0.1) is 0 Å². The van der Waals surface area contributed by atoms with Crippen LogP contribution in [0.3, 0.4) is 0 Å². The van der Waals surface area contributed by atoms with Crippen molar-refractivity contribution in [1.29, 1.82) is 5.26 Å². The Morgan fingerprint density at radius 2 is 2.29 bits per heavy atom. The average molecular weight is 225 g/mol. The van der Waals surface area contributed by atoms with Gasteiger partial charge in [0, 0.05) is 24.6 Å². The largest absolute Gasteiger partial charge is 0.350 e. The number of nitriles is 1. The Morgan fingerprint density at radius 1 is 1.41 bits per heavy atom. The highest BCUT2D eigenvalue weighted by Gasteiger charge is 2.01. The van der Waals surface area contributed by atoms with Gasteiger partial charge in [-0.05, 0) is 24.6 Å². The molecule has 0 aliphatic rings. The van der Waals surface area contributed by atoms with E-state index >= 15 is 0 Å². The summed E-state index contributed by atoms with van der Waals surface area (Å²) in [6.45, 7) is 2.42. The summed E-state index contributed by atoms with van der Waals surface area (Å²) in [6, 6.07) is 7.48. The Morgan fingerprint density at radius 3 is 3.00 bits per heavy atom. The van der Waals surface area contributed by atoms with Gasteiger partial charge >= 0.3 is 0 Å². The molecule has 84 valence electrons. The summed E-state index contributed by atoms with van der Waals surface area (Å²) in [5.41, 5.74) is 2.17. The fourth-order valence-electron chi connectivity index (χ4n) is 1.39. The van der Waals surface area contributed by atoms with Crippen LogP contribution in [0.25, 0.3) is 0 Å². The van der Waals surface area contributed by atoms with Gasteiger partial charge in [-0.3, -0.25) is 4.98 Å². The van der Waals surface area contributed by atoms with Gasteiger partial charge in [0.1, 0.15) is 11.8 Å². The van der Waals surface area contributed by atoms with E-state index in [9.17, 15) is 0 Å². The van der Waals surface area contributed by atoms with E-state index in [1.807, 2.05) is 25.1 Å². The molecule has 0 fully saturated rings. The minimum absolute atomic E-state index is 0.367. The summed E-state index contributed by atoms with van der Waals surface area (Å²) in [5, 5.41) is 11.9. The molecular weight excluding hydrogens is 214 g/mol. The van der Waals surface area contributed by atoms with Crippen LogP contribution >= 0.6 is 0 Å². The molecule has 0 saturated carbocycles. The van der Waals surface area contributed by atoms with Gasteiger partial charge in [0.2, 0.25) is 5.95 Å². The van der Waals surface area contributed by atoms with Crippen LogP contribution in [0.4, 0.5) is 5.95 Å². The van der Waals surface area contributed by atoms with Crippen LogP contribution in [0.1, 0.15) is 17.0 Å². The second-order valence-electron chi connectivity index (χ2n) is 3.54. The maximum atomic E-state index is 8.79. The number of hydrogen-bond acceptors (Lipinski definition) is 5. The summed E-state index contributed by atoms with van der Waals surface area (Å²) in [6.07, 6.45) is 3.49. The van der Waals surface area contributed by atoms with Crippen molar-refractivity contribution in [2.45, 2.75) is 13.5 Å². The molecule has 0 atom stereocenters. The molecule has 0 radical (unpaired) electrons. The van der Waals surface area contributed by atoms with Crippen molar-refractivity contribution in [2.75, 3.05) is 5.32 Å². The van der Waals surface area contributed by atoms with Gasteiger partial charge in [-0.1, -0.05) is 6.07 Å². The smallest absolute Gasteiger partial charge is 0.224 e. The third-order valence-corrected chi connectivity index (χ3v) is 2.14. The molecule has 2 aromatic rings. The number of aromatic nitrogens is 3. The van der Waals surface area contributed by atoms with E-state index in [0.717, 1.165) is 11.3 Å². The van der Waals surface area contributed by atoms with Crippen LogP contribution in [0.2, 0.25) is 0 Å². The highest BCUT2D eigenvalue weighted by Crippen LogP contribution is 2.05. The predicted molar refractivity (Wildman–Crippen MR) is 63.0 cm³/mol. The lowest BCUT2D eigenvalue weighted by Crippen LogP contribution is -2.05. The van der Waals surface area contributed by atoms with Crippen LogP contribution < -0.4 is 5.32 Å². The first-order valence-electron chi connectivity index (χ1n) is 5.16. The first-order chi connectivity index (χ1) is 8.28. The average Bonchev–Trinajstić information content (AvgIpc) is 2.37. The number of anilines is 1. The van der Waals surface area contributed by atoms with Crippen LogP contribution in [0.15, 0.2) is 30.6 Å². The second kappa shape index (κ2) is 5.03. The first-order valence-corrected chi connectivity index (χ1v) is 5.16. The van der Waals surface area contributed by atoms with E-state index in [4.69, 9.17) is 5.26 Å². The van der Waals surface area contributed by atoms with Crippen molar-refractivity contribution in [2.24, 2.45) is 0 Å². The van der Waals surface area contributed by atoms with E-state index in [1.54, 1.807) is 18.5 Å². The molecule has 0 aliphatic heterocycles. The van der Waals surface area contributed by atoms with Gasteiger partial charge in [0.15, 0.2) is 0 Å². The third kappa shape index (κ3) is 2.98. The maximum absolute atomic E-state index is 8.79. The van der Waals surface area contributed by atoms with E-state index < -0.39 is 0 Å². The molecule has 17 heavy (non-hydrogen) atoms. The maximum Gasteiger partial charge on any atom is 0.224 e. The summed E-state index contributed by atoms with van der Waals surface area (Å²) < 4.78 is 0. The zero-order valence-electron chi connectivity index (χ0n) is 9.38. The number of hydrogen-bond donors (Lipinski definition) is 1. The lowest BCUT2D eigenvalue weighted by Gasteiger charge is -2.05. The molecule has 5 nitrogen and oxygen atoms in total. The third-order valence-electron chi connectivity index (χ3n) is 2.14. The van der Waals surface area contributed by atoms with Gasteiger partial charge in [-0.2, -0.15) is 5.26 Å². The van der Waals surface area contributed by atoms with Crippen molar-refractivity contribution in [3.8, 4) is 6.07 Å². The summed E-state index contributed by atoms with van der Waals surface area (Å²) in [7, 11) is 0. The molecule has 0 spiro atoms. The fraction of sp³-hybridized carbons (Fsp3) is 0.167. The van der Waals surface area contributed by atoms with Gasteiger partial charge in [-0.25, -0.2) is 9.97 Å². The quantitative estimate of drug-likeness (QED) is 0.859. The van der Waals surface area contributed by atoms with Crippen LogP contribution in [0.5, 0.6) is 0 Å². The summed E-state index contributed by atoms with van der Waals surface area (Å²) in [4.78, 5) is 12.3. The topological polar surface area (TPSA) is 74.5 Å². The molecule has 1 N–H and O–H groups in total. The van der Waals surface area contributed by atoms with E-state index in [0.29, 0.717) is 18.2 Å². The van der Waals surface area contributed by atoms with Gasteiger partial charge < -0.3 is 5.32 Å². The molecule has 2 aromatic heterocycles. The highest BCUT2D eigenvalue weighted by molar-refractivity contribution is 5.33. The SMILES string of the molecule is Cc1cc(C#N)nc(NCc2cccnc2)n1. The summed E-state index contributed by atoms with van der Waals surface area (Å²) in [5.74, 6) is 0.463. The zero-order valence-corrected chi connectivity index (χ0v) is 9.38. The van der Waals surface area contributed by atoms with Crippen LogP contribution in [0, 0.1) is 18.3 Å². The molecular formula is C12H11N5. The van der Waals surface area contributed by atoms with Crippen LogP contribution in [-0.4, -0.2) is 15.0 Å². The molecule has 0 unspecified atom stereocenters. The number of nitrogens with zero attached hydrogens (tertiary/aromatic N) is 4. The van der Waals surface area contributed by atoms with Gasteiger partial charge in [0.25, 0.3) is 0 Å². The summed E-state index contributed by atoms with van der Waals surface area (Å²) >= 11 is 0. The lowest BCUT2D eigenvalue weighted by atomic mass is 10.3. The first kappa shape index (κ1) is 11.0. The molecule has 0 bridgehead atoms. The molecule has 0 saturated heterocycles. The van der Waals surface area contributed by atoms with Crippen molar-refractivity contribution in [3.05, 3.63) is 47.5 Å². The number of pyridine rings is 1.